The lowest BCUT2D eigenvalue weighted by Gasteiger charge is -2.04. The standard InChI is InChI=1S/C29H19NO5/c31-28(32)24-13-5-20(6-14-24)18-1-9-22(10-2-18)26-17-30-27(35-26)23-11-3-19(4-12-23)21-7-15-25(16-8-21)29(33)34/h1-17H,(H,31,32)(H,33,34). The second-order valence-corrected chi connectivity index (χ2v) is 7.95. The molecule has 0 unspecified atom stereocenters. The quantitative estimate of drug-likeness (QED) is 0.290. The van der Waals surface area contributed by atoms with Gasteiger partial charge in [0.05, 0.1) is 17.3 Å². The Hall–Kier alpha value is -4.97. The topological polar surface area (TPSA) is 101 Å². The molecule has 0 spiro atoms. The van der Waals surface area contributed by atoms with Crippen molar-refractivity contribution in [2.24, 2.45) is 0 Å². The number of hydrogen-bond donors (Lipinski definition) is 2. The molecular formula is C29H19NO5. The molecule has 6 nitrogen and oxygen atoms in total. The molecule has 0 amide bonds. The normalized spacial score (nSPS) is 10.7. The number of benzene rings is 4. The molecule has 0 saturated heterocycles. The van der Waals surface area contributed by atoms with Gasteiger partial charge in [0.25, 0.3) is 0 Å². The minimum atomic E-state index is -0.948. The number of carboxylic acid groups (broad SMARTS) is 2. The number of aromatic nitrogens is 1. The van der Waals surface area contributed by atoms with E-state index in [1.165, 1.54) is 0 Å². The van der Waals surface area contributed by atoms with Gasteiger partial charge in [0.15, 0.2) is 5.76 Å². The zero-order valence-corrected chi connectivity index (χ0v) is 18.4. The Morgan fingerprint density at radius 3 is 1.26 bits per heavy atom. The predicted molar refractivity (Wildman–Crippen MR) is 132 cm³/mol. The highest BCUT2D eigenvalue weighted by molar-refractivity contribution is 5.89. The van der Waals surface area contributed by atoms with Crippen molar-refractivity contribution in [3.05, 3.63) is 114 Å². The molecular weight excluding hydrogens is 442 g/mol. The van der Waals surface area contributed by atoms with E-state index < -0.39 is 11.9 Å². The summed E-state index contributed by atoms with van der Waals surface area (Å²) < 4.78 is 5.99. The van der Waals surface area contributed by atoms with E-state index in [1.807, 2.05) is 48.5 Å². The second-order valence-electron chi connectivity index (χ2n) is 7.95. The van der Waals surface area contributed by atoms with Crippen molar-refractivity contribution in [2.45, 2.75) is 0 Å². The van der Waals surface area contributed by atoms with Gasteiger partial charge in [-0.15, -0.1) is 0 Å². The number of hydrogen-bond acceptors (Lipinski definition) is 4. The van der Waals surface area contributed by atoms with E-state index in [9.17, 15) is 9.59 Å². The van der Waals surface area contributed by atoms with Crippen molar-refractivity contribution in [3.63, 3.8) is 0 Å². The maximum absolute atomic E-state index is 11.0. The second kappa shape index (κ2) is 9.11. The van der Waals surface area contributed by atoms with Crippen LogP contribution in [0.25, 0.3) is 45.0 Å². The van der Waals surface area contributed by atoms with Crippen LogP contribution in [0.3, 0.4) is 0 Å². The van der Waals surface area contributed by atoms with Crippen molar-refractivity contribution in [1.82, 2.24) is 4.98 Å². The summed E-state index contributed by atoms with van der Waals surface area (Å²) >= 11 is 0. The summed E-state index contributed by atoms with van der Waals surface area (Å²) in [4.78, 5) is 26.5. The van der Waals surface area contributed by atoms with Crippen LogP contribution in [0.2, 0.25) is 0 Å². The molecule has 35 heavy (non-hydrogen) atoms. The number of rotatable bonds is 6. The van der Waals surface area contributed by atoms with E-state index >= 15 is 0 Å². The lowest BCUT2D eigenvalue weighted by atomic mass is 10.0. The summed E-state index contributed by atoms with van der Waals surface area (Å²) in [6, 6.07) is 29.0. The molecule has 6 heteroatoms. The number of carbonyl (C=O) groups is 2. The molecule has 4 aromatic carbocycles. The summed E-state index contributed by atoms with van der Waals surface area (Å²) in [5, 5.41) is 18.1. The van der Waals surface area contributed by atoms with Gasteiger partial charge < -0.3 is 14.6 Å². The largest absolute Gasteiger partial charge is 0.478 e. The van der Waals surface area contributed by atoms with Crippen molar-refractivity contribution in [1.29, 1.82) is 0 Å². The van der Waals surface area contributed by atoms with Crippen LogP contribution < -0.4 is 0 Å². The molecule has 2 N–H and O–H groups in total. The Morgan fingerprint density at radius 1 is 0.514 bits per heavy atom. The minimum Gasteiger partial charge on any atom is -0.478 e. The first-order chi connectivity index (χ1) is 17.0. The van der Waals surface area contributed by atoms with Gasteiger partial charge in [0.1, 0.15) is 0 Å². The molecule has 1 aromatic heterocycles. The molecule has 0 fully saturated rings. The fourth-order valence-electron chi connectivity index (χ4n) is 3.78. The first kappa shape index (κ1) is 21.9. The third-order valence-corrected chi connectivity index (χ3v) is 5.74. The Bertz CT molecular complexity index is 1380. The average Bonchev–Trinajstić information content (AvgIpc) is 3.39. The zero-order valence-electron chi connectivity index (χ0n) is 18.4. The minimum absolute atomic E-state index is 0.252. The maximum atomic E-state index is 11.0. The molecule has 0 saturated carbocycles. The maximum Gasteiger partial charge on any atom is 0.335 e. The zero-order chi connectivity index (χ0) is 24.4. The van der Waals surface area contributed by atoms with Crippen LogP contribution in [-0.2, 0) is 0 Å². The molecule has 5 aromatic rings. The molecule has 1 heterocycles. The van der Waals surface area contributed by atoms with Crippen molar-refractivity contribution in [3.8, 4) is 45.0 Å². The number of carboxylic acids is 2. The van der Waals surface area contributed by atoms with E-state index in [0.29, 0.717) is 11.7 Å². The monoisotopic (exact) mass is 461 g/mol. The van der Waals surface area contributed by atoms with Gasteiger partial charge in [-0.3, -0.25) is 0 Å². The van der Waals surface area contributed by atoms with Crippen molar-refractivity contribution >= 4 is 11.9 Å². The molecule has 0 aliphatic rings. The molecule has 0 bridgehead atoms. The highest BCUT2D eigenvalue weighted by Crippen LogP contribution is 2.30. The highest BCUT2D eigenvalue weighted by atomic mass is 16.4. The Labute approximate surface area is 200 Å². The molecule has 5 rings (SSSR count). The van der Waals surface area contributed by atoms with E-state index in [-0.39, 0.29) is 11.1 Å². The van der Waals surface area contributed by atoms with Crippen LogP contribution in [0.5, 0.6) is 0 Å². The van der Waals surface area contributed by atoms with Gasteiger partial charge >= 0.3 is 11.9 Å². The van der Waals surface area contributed by atoms with E-state index in [2.05, 4.69) is 4.98 Å². The molecule has 0 atom stereocenters. The van der Waals surface area contributed by atoms with Gasteiger partial charge in [-0.1, -0.05) is 60.7 Å². The van der Waals surface area contributed by atoms with Gasteiger partial charge in [0.2, 0.25) is 5.89 Å². The van der Waals surface area contributed by atoms with Gasteiger partial charge in [-0.2, -0.15) is 0 Å². The smallest absolute Gasteiger partial charge is 0.335 e. The Kier molecular flexibility index (Phi) is 5.69. The first-order valence-electron chi connectivity index (χ1n) is 10.8. The van der Waals surface area contributed by atoms with Crippen LogP contribution in [-0.4, -0.2) is 27.1 Å². The Morgan fingerprint density at radius 2 is 0.857 bits per heavy atom. The molecule has 0 aliphatic carbocycles. The molecule has 0 radical (unpaired) electrons. The highest BCUT2D eigenvalue weighted by Gasteiger charge is 2.10. The van der Waals surface area contributed by atoms with Gasteiger partial charge in [-0.25, -0.2) is 14.6 Å². The SMILES string of the molecule is O=C(O)c1ccc(-c2ccc(-c3cnc(-c4ccc(-c5ccc(C(=O)O)cc5)cc4)o3)cc2)cc1. The first-order valence-corrected chi connectivity index (χ1v) is 10.8. The predicted octanol–water partition coefficient (Wildman–Crippen LogP) is 6.74. The van der Waals surface area contributed by atoms with E-state index in [4.69, 9.17) is 14.6 Å². The fourth-order valence-corrected chi connectivity index (χ4v) is 3.78. The van der Waals surface area contributed by atoms with E-state index in [1.54, 1.807) is 54.7 Å². The van der Waals surface area contributed by atoms with Crippen LogP contribution in [0.1, 0.15) is 20.7 Å². The van der Waals surface area contributed by atoms with Crippen LogP contribution >= 0.6 is 0 Å². The summed E-state index contributed by atoms with van der Waals surface area (Å²) in [5.74, 6) is -0.755. The summed E-state index contributed by atoms with van der Waals surface area (Å²) in [7, 11) is 0. The summed E-state index contributed by atoms with van der Waals surface area (Å²) in [5.41, 5.74) is 6.00. The van der Waals surface area contributed by atoms with E-state index in [0.717, 1.165) is 33.4 Å². The van der Waals surface area contributed by atoms with Crippen molar-refractivity contribution in [2.75, 3.05) is 0 Å². The number of aromatic carboxylic acids is 2. The lowest BCUT2D eigenvalue weighted by molar-refractivity contribution is 0.0686. The molecule has 0 aliphatic heterocycles. The summed E-state index contributed by atoms with van der Waals surface area (Å²) in [6.45, 7) is 0. The van der Waals surface area contributed by atoms with Crippen molar-refractivity contribution < 1.29 is 24.2 Å². The van der Waals surface area contributed by atoms with Gasteiger partial charge in [0, 0.05) is 11.1 Å². The van der Waals surface area contributed by atoms with Crippen LogP contribution in [0.15, 0.2) is 108 Å². The summed E-state index contributed by atoms with van der Waals surface area (Å²) in [6.07, 6.45) is 1.69. The number of oxazole rings is 1. The Balaban J connectivity index is 1.32. The fraction of sp³-hybridized carbons (Fsp3) is 0. The van der Waals surface area contributed by atoms with Crippen LogP contribution in [0, 0.1) is 0 Å². The average molecular weight is 461 g/mol. The van der Waals surface area contributed by atoms with Crippen LogP contribution in [0.4, 0.5) is 0 Å². The molecule has 170 valence electrons. The van der Waals surface area contributed by atoms with Gasteiger partial charge in [-0.05, 0) is 58.7 Å². The third-order valence-electron chi connectivity index (χ3n) is 5.74. The third kappa shape index (κ3) is 4.58. The number of nitrogens with zero attached hydrogens (tertiary/aromatic N) is 1. The lowest BCUT2D eigenvalue weighted by Crippen LogP contribution is -1.94.